The van der Waals surface area contributed by atoms with Crippen LogP contribution < -0.4 is 4.74 Å². The van der Waals surface area contributed by atoms with Crippen LogP contribution in [0, 0.1) is 0 Å². The van der Waals surface area contributed by atoms with Crippen molar-refractivity contribution in [2.75, 3.05) is 26.2 Å². The molecule has 0 bridgehead atoms. The molecule has 4 rings (SSSR count). The summed E-state index contributed by atoms with van der Waals surface area (Å²) in [6.45, 7) is 7.69. The number of aromatic nitrogens is 1. The first-order valence-electron chi connectivity index (χ1n) is 12.2. The highest BCUT2D eigenvalue weighted by Crippen LogP contribution is 2.34. The number of carbonyl (C=O) groups excluding carboxylic acids is 2. The van der Waals surface area contributed by atoms with Crippen LogP contribution in [-0.4, -0.2) is 47.3 Å². The van der Waals surface area contributed by atoms with E-state index in [9.17, 15) is 9.59 Å². The van der Waals surface area contributed by atoms with Crippen LogP contribution in [0.5, 0.6) is 5.75 Å². The smallest absolute Gasteiger partial charge is 0.173 e. The molecule has 0 radical (unpaired) electrons. The second-order valence-electron chi connectivity index (χ2n) is 8.59. The molecule has 4 aromatic rings. The third kappa shape index (κ3) is 5.36. The lowest BCUT2D eigenvalue weighted by Crippen LogP contribution is -2.27. The summed E-state index contributed by atoms with van der Waals surface area (Å²) in [5, 5.41) is 0.864. The van der Waals surface area contributed by atoms with Crippen LogP contribution in [0.2, 0.25) is 0 Å². The van der Waals surface area contributed by atoms with E-state index in [0.717, 1.165) is 47.5 Å². The maximum Gasteiger partial charge on any atom is 0.173 e. The molecule has 180 valence electrons. The highest BCUT2D eigenvalue weighted by atomic mass is 16.5. The molecule has 0 saturated heterocycles. The molecule has 0 unspecified atom stereocenters. The number of Topliss-reactive ketones (excluding diaryl/α,β-unsaturated/α-hetero) is 2. The molecular weight excluding hydrogens is 436 g/mol. The number of benzene rings is 3. The Bertz CT molecular complexity index is 1300. The lowest BCUT2D eigenvalue weighted by atomic mass is 9.97. The summed E-state index contributed by atoms with van der Waals surface area (Å²) in [6, 6.07) is 24.8. The van der Waals surface area contributed by atoms with Gasteiger partial charge in [0.05, 0.1) is 17.7 Å². The summed E-state index contributed by atoms with van der Waals surface area (Å²) in [6.07, 6.45) is -0.185. The van der Waals surface area contributed by atoms with Crippen LogP contribution in [0.3, 0.4) is 0 Å². The van der Waals surface area contributed by atoms with Crippen molar-refractivity contribution in [2.45, 2.75) is 20.3 Å². The van der Waals surface area contributed by atoms with Gasteiger partial charge in [-0.05, 0) is 49.0 Å². The van der Waals surface area contributed by atoms with E-state index in [1.54, 1.807) is 24.3 Å². The highest BCUT2D eigenvalue weighted by molar-refractivity contribution is 6.21. The Hall–Kier alpha value is -3.70. The minimum Gasteiger partial charge on any atom is -0.492 e. The van der Waals surface area contributed by atoms with Gasteiger partial charge in [0.25, 0.3) is 0 Å². The maximum atomic E-state index is 13.5. The number of ether oxygens (including phenoxy) is 1. The van der Waals surface area contributed by atoms with Gasteiger partial charge in [-0.25, -0.2) is 0 Å². The van der Waals surface area contributed by atoms with E-state index in [2.05, 4.69) is 18.7 Å². The zero-order valence-corrected chi connectivity index (χ0v) is 20.7. The standard InChI is InChI=1S/C30H32N2O3/c1-4-32(5-2)19-20-35-24-17-15-22(16-18-24)27(33)21-28(34)29-25-13-9-10-14-26(25)31(3)30(29)23-11-7-6-8-12-23/h6-18H,4-5,19-21H2,1-3H3. The second kappa shape index (κ2) is 11.2. The van der Waals surface area contributed by atoms with Crippen molar-refractivity contribution in [3.05, 3.63) is 90.0 Å². The van der Waals surface area contributed by atoms with Crippen molar-refractivity contribution in [3.8, 4) is 17.0 Å². The summed E-state index contributed by atoms with van der Waals surface area (Å²) in [7, 11) is 1.96. The average Bonchev–Trinajstić information content (AvgIpc) is 3.20. The number of para-hydroxylation sites is 1. The predicted octanol–water partition coefficient (Wildman–Crippen LogP) is 6.02. The number of carbonyl (C=O) groups is 2. The first-order chi connectivity index (χ1) is 17.0. The monoisotopic (exact) mass is 468 g/mol. The molecule has 5 nitrogen and oxygen atoms in total. The van der Waals surface area contributed by atoms with E-state index in [1.165, 1.54) is 0 Å². The Morgan fingerprint density at radius 2 is 1.49 bits per heavy atom. The van der Waals surface area contributed by atoms with Gasteiger partial charge in [0, 0.05) is 30.1 Å². The van der Waals surface area contributed by atoms with Crippen molar-refractivity contribution >= 4 is 22.5 Å². The van der Waals surface area contributed by atoms with Crippen LogP contribution in [0.15, 0.2) is 78.9 Å². The van der Waals surface area contributed by atoms with Crippen molar-refractivity contribution in [1.29, 1.82) is 0 Å². The number of fused-ring (bicyclic) bond motifs is 1. The van der Waals surface area contributed by atoms with Crippen molar-refractivity contribution in [1.82, 2.24) is 9.47 Å². The van der Waals surface area contributed by atoms with Gasteiger partial charge in [0.15, 0.2) is 11.6 Å². The van der Waals surface area contributed by atoms with Gasteiger partial charge < -0.3 is 14.2 Å². The van der Waals surface area contributed by atoms with Gasteiger partial charge in [0.2, 0.25) is 0 Å². The van der Waals surface area contributed by atoms with Gasteiger partial charge in [0.1, 0.15) is 12.4 Å². The molecular formula is C30H32N2O3. The van der Waals surface area contributed by atoms with Crippen molar-refractivity contribution < 1.29 is 14.3 Å². The van der Waals surface area contributed by atoms with E-state index in [4.69, 9.17) is 4.74 Å². The van der Waals surface area contributed by atoms with E-state index in [1.807, 2.05) is 66.2 Å². The molecule has 0 saturated carbocycles. The fourth-order valence-electron chi connectivity index (χ4n) is 4.52. The molecule has 0 N–H and O–H groups in total. The van der Waals surface area contributed by atoms with Gasteiger partial charge in [-0.2, -0.15) is 0 Å². The molecule has 0 spiro atoms. The third-order valence-electron chi connectivity index (χ3n) is 6.50. The summed E-state index contributed by atoms with van der Waals surface area (Å²) < 4.78 is 7.85. The van der Waals surface area contributed by atoms with Gasteiger partial charge in [-0.1, -0.05) is 62.4 Å². The summed E-state index contributed by atoms with van der Waals surface area (Å²) in [4.78, 5) is 28.8. The molecule has 1 aromatic heterocycles. The molecule has 0 aliphatic rings. The topological polar surface area (TPSA) is 51.5 Å². The summed E-state index contributed by atoms with van der Waals surface area (Å²) in [5.41, 5.74) is 3.86. The number of rotatable bonds is 11. The lowest BCUT2D eigenvalue weighted by molar-refractivity contribution is 0.0895. The Labute approximate surface area is 206 Å². The molecule has 0 amide bonds. The first-order valence-corrected chi connectivity index (χ1v) is 12.2. The number of likely N-dealkylation sites (N-methyl/N-ethyl adjacent to an activating group) is 1. The Morgan fingerprint density at radius 1 is 0.829 bits per heavy atom. The molecule has 0 fully saturated rings. The lowest BCUT2D eigenvalue weighted by Gasteiger charge is -2.18. The van der Waals surface area contributed by atoms with Crippen LogP contribution >= 0.6 is 0 Å². The van der Waals surface area contributed by atoms with Crippen LogP contribution in [0.25, 0.3) is 22.2 Å². The fraction of sp³-hybridized carbons (Fsp3) is 0.267. The number of hydrogen-bond donors (Lipinski definition) is 0. The minimum atomic E-state index is -0.198. The highest BCUT2D eigenvalue weighted by Gasteiger charge is 2.24. The quantitative estimate of drug-likeness (QED) is 0.199. The predicted molar refractivity (Wildman–Crippen MR) is 141 cm³/mol. The number of nitrogens with zero attached hydrogens (tertiary/aromatic N) is 2. The zero-order valence-electron chi connectivity index (χ0n) is 20.7. The van der Waals surface area contributed by atoms with Crippen LogP contribution in [0.4, 0.5) is 0 Å². The normalized spacial score (nSPS) is 11.2. The SMILES string of the molecule is CCN(CC)CCOc1ccc(C(=O)CC(=O)c2c(-c3ccccc3)n(C)c3ccccc23)cc1. The van der Waals surface area contributed by atoms with E-state index in [-0.39, 0.29) is 18.0 Å². The van der Waals surface area contributed by atoms with Crippen molar-refractivity contribution in [3.63, 3.8) is 0 Å². The first kappa shape index (κ1) is 24.4. The molecule has 0 aliphatic carbocycles. The van der Waals surface area contributed by atoms with E-state index < -0.39 is 0 Å². The van der Waals surface area contributed by atoms with Gasteiger partial charge in [-0.3, -0.25) is 9.59 Å². The molecule has 1 heterocycles. The molecule has 3 aromatic carbocycles. The molecule has 0 atom stereocenters. The number of ketones is 2. The van der Waals surface area contributed by atoms with Gasteiger partial charge in [-0.15, -0.1) is 0 Å². The molecule has 5 heteroatoms. The van der Waals surface area contributed by atoms with E-state index in [0.29, 0.717) is 17.7 Å². The summed E-state index contributed by atoms with van der Waals surface area (Å²) >= 11 is 0. The fourth-order valence-corrected chi connectivity index (χ4v) is 4.52. The zero-order chi connectivity index (χ0) is 24.8. The Kier molecular flexibility index (Phi) is 7.78. The van der Waals surface area contributed by atoms with Crippen LogP contribution in [0.1, 0.15) is 41.0 Å². The van der Waals surface area contributed by atoms with Crippen molar-refractivity contribution in [2.24, 2.45) is 7.05 Å². The average molecular weight is 469 g/mol. The van der Waals surface area contributed by atoms with Crippen LogP contribution in [-0.2, 0) is 7.05 Å². The minimum absolute atomic E-state index is 0.176. The largest absolute Gasteiger partial charge is 0.492 e. The third-order valence-corrected chi connectivity index (χ3v) is 6.50. The second-order valence-corrected chi connectivity index (χ2v) is 8.59. The maximum absolute atomic E-state index is 13.5. The Morgan fingerprint density at radius 3 is 2.17 bits per heavy atom. The molecule has 0 aliphatic heterocycles. The van der Waals surface area contributed by atoms with Gasteiger partial charge >= 0.3 is 0 Å². The number of hydrogen-bond acceptors (Lipinski definition) is 4. The Balaban J connectivity index is 1.52. The summed E-state index contributed by atoms with van der Waals surface area (Å²) in [5.74, 6) is 0.349. The number of aryl methyl sites for hydroxylation is 1. The molecule has 35 heavy (non-hydrogen) atoms. The van der Waals surface area contributed by atoms with E-state index >= 15 is 0 Å².